The van der Waals surface area contributed by atoms with Crippen molar-refractivity contribution in [1.82, 2.24) is 0 Å². The first-order chi connectivity index (χ1) is 15.3. The predicted octanol–water partition coefficient (Wildman–Crippen LogP) is 1.51. The molecular weight excluding hydrogens is 532 g/mol. The number of rotatable bonds is 9. The van der Waals surface area contributed by atoms with Crippen LogP contribution in [0.1, 0.15) is 18.1 Å². The van der Waals surface area contributed by atoms with Gasteiger partial charge in [0.1, 0.15) is 9.79 Å². The third-order valence-corrected chi connectivity index (χ3v) is 8.66. The molecule has 0 saturated heterocycles. The first-order valence-electron chi connectivity index (χ1n) is 9.21. The van der Waals surface area contributed by atoms with Gasteiger partial charge in [-0.25, -0.2) is 16.8 Å². The third-order valence-electron chi connectivity index (χ3n) is 4.46. The van der Waals surface area contributed by atoms with E-state index in [0.717, 1.165) is 40.9 Å². The highest BCUT2D eigenvalue weighted by molar-refractivity contribution is 7.92. The highest BCUT2D eigenvalue weighted by atomic mass is 32.2. The van der Waals surface area contributed by atoms with Gasteiger partial charge in [-0.1, -0.05) is 24.3 Å². The lowest BCUT2D eigenvalue weighted by molar-refractivity contribution is 0.480. The molecule has 0 aliphatic heterocycles. The Kier molecular flexibility index (Phi) is 7.86. The summed E-state index contributed by atoms with van der Waals surface area (Å²) in [7, 11) is -15.9. The highest BCUT2D eigenvalue weighted by Crippen LogP contribution is 2.28. The molecule has 0 aliphatic carbocycles. The van der Waals surface area contributed by atoms with Crippen LogP contribution in [0.2, 0.25) is 0 Å². The number of nitrogens with zero attached hydrogens (tertiary/aromatic N) is 1. The molecule has 0 amide bonds. The first-order valence-corrected chi connectivity index (χ1v) is 15.6. The molecule has 0 spiro atoms. The van der Waals surface area contributed by atoms with Gasteiger partial charge in [-0.2, -0.15) is 16.8 Å². The molecule has 3 N–H and O–H groups in total. The number of hydrogen-bond acceptors (Lipinski definition) is 8. The van der Waals surface area contributed by atoms with E-state index in [1.807, 2.05) is 0 Å². The molecule has 0 aliphatic rings. The minimum atomic E-state index is -4.83. The molecule has 0 unspecified atom stereocenters. The second-order valence-electron chi connectivity index (χ2n) is 7.00. The quantitative estimate of drug-likeness (QED) is 0.302. The van der Waals surface area contributed by atoms with E-state index in [1.165, 1.54) is 32.2 Å². The molecule has 0 aromatic heterocycles. The Balaban J connectivity index is 2.62. The van der Waals surface area contributed by atoms with Gasteiger partial charge in [-0.3, -0.25) is 18.1 Å². The molecule has 0 atom stereocenters. The Hall–Kier alpha value is -2.50. The summed E-state index contributed by atoms with van der Waals surface area (Å²) in [5.41, 5.74) is -0.428. The van der Waals surface area contributed by atoms with Crippen LogP contribution in [-0.2, 0) is 40.3 Å². The van der Waals surface area contributed by atoms with Crippen molar-refractivity contribution in [3.05, 3.63) is 47.5 Å². The number of anilines is 2. The van der Waals surface area contributed by atoms with Crippen LogP contribution < -0.4 is 9.03 Å². The number of hydrogen-bond donors (Lipinski definition) is 3. The minimum absolute atomic E-state index is 0.0403. The molecule has 0 heterocycles. The Morgan fingerprint density at radius 2 is 1.29 bits per heavy atom. The van der Waals surface area contributed by atoms with Crippen molar-refractivity contribution in [3.63, 3.8) is 0 Å². The van der Waals surface area contributed by atoms with Crippen molar-refractivity contribution in [2.45, 2.75) is 16.7 Å². The normalized spacial score (nSPS) is 13.2. The summed E-state index contributed by atoms with van der Waals surface area (Å²) in [6.07, 6.45) is 3.08. The van der Waals surface area contributed by atoms with Crippen LogP contribution in [0.25, 0.3) is 12.2 Å². The molecule has 188 valence electrons. The van der Waals surface area contributed by atoms with E-state index in [2.05, 4.69) is 4.72 Å². The van der Waals surface area contributed by atoms with Crippen LogP contribution in [0.3, 0.4) is 0 Å². The summed E-state index contributed by atoms with van der Waals surface area (Å²) in [6.45, 7) is 1.40. The molecule has 0 saturated carbocycles. The molecule has 0 radical (unpaired) electrons. The van der Waals surface area contributed by atoms with Crippen LogP contribution in [0.4, 0.5) is 11.4 Å². The lowest BCUT2D eigenvalue weighted by Crippen LogP contribution is -2.28. The van der Waals surface area contributed by atoms with Crippen molar-refractivity contribution in [3.8, 4) is 0 Å². The largest absolute Gasteiger partial charge is 0.295 e. The zero-order chi connectivity index (χ0) is 26.1. The summed E-state index contributed by atoms with van der Waals surface area (Å²) < 4.78 is 116. The molecule has 34 heavy (non-hydrogen) atoms. The monoisotopic (exact) mass is 554 g/mol. The molecule has 12 nitrogen and oxygen atoms in total. The van der Waals surface area contributed by atoms with Crippen LogP contribution in [0.5, 0.6) is 0 Å². The molecule has 0 bridgehead atoms. The lowest BCUT2D eigenvalue weighted by Gasteiger charge is -2.19. The minimum Gasteiger partial charge on any atom is -0.284 e. The lowest BCUT2D eigenvalue weighted by atomic mass is 10.1. The summed E-state index contributed by atoms with van der Waals surface area (Å²) in [5.74, 6) is -0.255. The van der Waals surface area contributed by atoms with Gasteiger partial charge in [-0.15, -0.1) is 0 Å². The second-order valence-corrected chi connectivity index (χ2v) is 13.8. The van der Waals surface area contributed by atoms with Crippen molar-refractivity contribution in [1.29, 1.82) is 0 Å². The van der Waals surface area contributed by atoms with Gasteiger partial charge < -0.3 is 0 Å². The Morgan fingerprint density at radius 3 is 1.74 bits per heavy atom. The predicted molar refractivity (Wildman–Crippen MR) is 128 cm³/mol. The van der Waals surface area contributed by atoms with Gasteiger partial charge in [0.2, 0.25) is 20.0 Å². The number of nitrogens with one attached hydrogen (secondary N) is 1. The van der Waals surface area contributed by atoms with Gasteiger partial charge >= 0.3 is 0 Å². The second kappa shape index (κ2) is 9.63. The van der Waals surface area contributed by atoms with Crippen LogP contribution in [-0.4, -0.2) is 61.8 Å². The maximum Gasteiger partial charge on any atom is 0.295 e. The van der Waals surface area contributed by atoms with Crippen molar-refractivity contribution in [2.75, 3.05) is 28.1 Å². The van der Waals surface area contributed by atoms with Crippen LogP contribution in [0.15, 0.2) is 46.2 Å². The van der Waals surface area contributed by atoms with Gasteiger partial charge in [-0.05, 0) is 42.3 Å². The fraction of sp³-hybridized carbons (Fsp3) is 0.222. The van der Waals surface area contributed by atoms with Crippen LogP contribution >= 0.6 is 0 Å². The van der Waals surface area contributed by atoms with Gasteiger partial charge in [0, 0.05) is 12.7 Å². The summed E-state index contributed by atoms with van der Waals surface area (Å²) in [4.78, 5) is -1.32. The fourth-order valence-corrected chi connectivity index (χ4v) is 5.58. The summed E-state index contributed by atoms with van der Waals surface area (Å²) in [6, 6.07) is 6.66. The Labute approximate surface area is 198 Å². The zero-order valence-corrected chi connectivity index (χ0v) is 21.3. The average Bonchev–Trinajstić information content (AvgIpc) is 2.69. The highest BCUT2D eigenvalue weighted by Gasteiger charge is 2.21. The summed E-state index contributed by atoms with van der Waals surface area (Å²) in [5, 5.41) is 0. The van der Waals surface area contributed by atoms with Gasteiger partial charge in [0.05, 0.1) is 17.7 Å². The molecule has 2 aromatic carbocycles. The molecule has 16 heteroatoms. The smallest absolute Gasteiger partial charge is 0.284 e. The SMILES string of the molecule is CCS(=O)(=O)N(C)c1ccc(/C=C/c2ccc(NS(C)(=O)=O)cc2S(=O)(=O)O)c(S(=O)(=O)O)c1. The maximum atomic E-state index is 12.1. The summed E-state index contributed by atoms with van der Waals surface area (Å²) >= 11 is 0. The van der Waals surface area contributed by atoms with Gasteiger partial charge in [0.25, 0.3) is 20.2 Å². The maximum absolute atomic E-state index is 12.1. The zero-order valence-electron chi connectivity index (χ0n) is 18.1. The third kappa shape index (κ3) is 7.00. The van der Waals surface area contributed by atoms with E-state index in [4.69, 9.17) is 0 Å². The van der Waals surface area contributed by atoms with E-state index in [0.29, 0.717) is 0 Å². The van der Waals surface area contributed by atoms with Crippen molar-refractivity contribution in [2.24, 2.45) is 0 Å². The fourth-order valence-electron chi connectivity index (χ4n) is 2.79. The molecule has 2 rings (SSSR count). The van der Waals surface area contributed by atoms with Crippen LogP contribution in [0, 0.1) is 0 Å². The Bertz CT molecular complexity index is 1560. The topological polar surface area (TPSA) is 192 Å². The molecule has 0 fully saturated rings. The standard InChI is InChI=1S/C18H22N2O10S4/c1-4-32(23,24)20(2)16-10-8-14(18(12-16)34(28,29)30)6-5-13-7-9-15(19-31(3,21)22)11-17(13)33(25,26)27/h5-12,19H,4H2,1-3H3,(H,25,26,27)(H,28,29,30)/b6-5+. The van der Waals surface area contributed by atoms with E-state index < -0.39 is 50.1 Å². The average molecular weight is 555 g/mol. The van der Waals surface area contributed by atoms with Crippen molar-refractivity contribution < 1.29 is 42.8 Å². The number of benzene rings is 2. The molecule has 2 aromatic rings. The first kappa shape index (κ1) is 27.7. The van der Waals surface area contributed by atoms with E-state index in [9.17, 15) is 42.8 Å². The van der Waals surface area contributed by atoms with E-state index in [1.54, 1.807) is 0 Å². The number of sulfonamides is 2. The molecular formula is C18H22N2O10S4. The van der Waals surface area contributed by atoms with Crippen molar-refractivity contribution >= 4 is 63.8 Å². The van der Waals surface area contributed by atoms with Gasteiger partial charge in [0.15, 0.2) is 0 Å². The van der Waals surface area contributed by atoms with E-state index in [-0.39, 0.29) is 28.3 Å². The Morgan fingerprint density at radius 1 is 0.824 bits per heavy atom. The van der Waals surface area contributed by atoms with E-state index >= 15 is 0 Å².